The maximum Gasteiger partial charge on any atom is 0.245 e. The van der Waals surface area contributed by atoms with E-state index in [9.17, 15) is 22.0 Å². The maximum absolute atomic E-state index is 13.4. The van der Waals surface area contributed by atoms with Gasteiger partial charge in [-0.1, -0.05) is 12.1 Å². The second-order valence-corrected chi connectivity index (χ2v) is 8.03. The van der Waals surface area contributed by atoms with E-state index in [1.807, 2.05) is 0 Å². The summed E-state index contributed by atoms with van der Waals surface area (Å²) in [6.45, 7) is 1.93. The van der Waals surface area contributed by atoms with Crippen LogP contribution >= 0.6 is 0 Å². The molecule has 1 unspecified atom stereocenters. The predicted molar refractivity (Wildman–Crippen MR) is 94.1 cm³/mol. The molecule has 2 aromatic carbocycles. The third kappa shape index (κ3) is 4.08. The van der Waals surface area contributed by atoms with Gasteiger partial charge < -0.3 is 4.90 Å². The van der Waals surface area contributed by atoms with Crippen molar-refractivity contribution < 1.29 is 22.0 Å². The second kappa shape index (κ2) is 7.13. The molecule has 3 rings (SSSR count). The molecule has 26 heavy (non-hydrogen) atoms. The van der Waals surface area contributed by atoms with Crippen LogP contribution in [0.15, 0.2) is 42.5 Å². The minimum absolute atomic E-state index is 0.300. The normalized spacial score (nSPS) is 17.7. The highest BCUT2D eigenvalue weighted by Gasteiger charge is 2.35. The van der Waals surface area contributed by atoms with Crippen molar-refractivity contribution in [1.82, 2.24) is 4.72 Å². The van der Waals surface area contributed by atoms with Crippen molar-refractivity contribution in [3.05, 3.63) is 65.2 Å². The summed E-state index contributed by atoms with van der Waals surface area (Å²) in [5.74, 6) is -1.69. The second-order valence-electron chi connectivity index (χ2n) is 6.27. The van der Waals surface area contributed by atoms with Crippen LogP contribution in [0, 0.1) is 18.6 Å². The summed E-state index contributed by atoms with van der Waals surface area (Å²) < 4.78 is 53.6. The van der Waals surface area contributed by atoms with Crippen molar-refractivity contribution >= 4 is 21.6 Å². The van der Waals surface area contributed by atoms with Crippen molar-refractivity contribution in [1.29, 1.82) is 0 Å². The zero-order valence-electron chi connectivity index (χ0n) is 14.1. The molecule has 0 aromatic heterocycles. The number of sulfonamides is 1. The Bertz CT molecular complexity index is 947. The Kier molecular flexibility index (Phi) is 5.06. The molecule has 1 heterocycles. The fraction of sp³-hybridized carbons (Fsp3) is 0.278. The number of rotatable bonds is 5. The van der Waals surface area contributed by atoms with E-state index in [4.69, 9.17) is 0 Å². The molecule has 2 aromatic rings. The number of nitrogens with zero attached hydrogens (tertiary/aromatic N) is 1. The van der Waals surface area contributed by atoms with E-state index >= 15 is 0 Å². The van der Waals surface area contributed by atoms with Crippen LogP contribution in [0.1, 0.15) is 17.5 Å². The van der Waals surface area contributed by atoms with Gasteiger partial charge >= 0.3 is 0 Å². The maximum atomic E-state index is 13.4. The molecule has 0 bridgehead atoms. The average Bonchev–Trinajstić information content (AvgIpc) is 2.90. The van der Waals surface area contributed by atoms with Gasteiger partial charge in [-0.05, 0) is 54.8 Å². The summed E-state index contributed by atoms with van der Waals surface area (Å²) in [6.07, 6.45) is 0.303. The molecule has 0 aliphatic carbocycles. The van der Waals surface area contributed by atoms with Crippen LogP contribution < -0.4 is 9.62 Å². The zero-order chi connectivity index (χ0) is 18.9. The predicted octanol–water partition coefficient (Wildman–Crippen LogP) is 2.50. The average molecular weight is 380 g/mol. The number of carbonyl (C=O) groups is 1. The third-order valence-corrected chi connectivity index (χ3v) is 5.58. The third-order valence-electron chi connectivity index (χ3n) is 4.23. The van der Waals surface area contributed by atoms with Crippen LogP contribution in [0.2, 0.25) is 0 Å². The number of amides is 1. The molecule has 0 spiro atoms. The van der Waals surface area contributed by atoms with E-state index in [1.165, 1.54) is 35.2 Å². The molecular weight excluding hydrogens is 362 g/mol. The molecule has 5 nitrogen and oxygen atoms in total. The topological polar surface area (TPSA) is 66.5 Å². The number of aryl methyl sites for hydroxylation is 1. The summed E-state index contributed by atoms with van der Waals surface area (Å²) in [5, 5.41) is 0. The number of hydrogen-bond acceptors (Lipinski definition) is 3. The van der Waals surface area contributed by atoms with Crippen LogP contribution in [0.3, 0.4) is 0 Å². The van der Waals surface area contributed by atoms with Gasteiger partial charge in [-0.25, -0.2) is 21.9 Å². The van der Waals surface area contributed by atoms with E-state index in [2.05, 4.69) is 4.72 Å². The Morgan fingerprint density at radius 1 is 1.19 bits per heavy atom. The molecule has 138 valence electrons. The van der Waals surface area contributed by atoms with Crippen molar-refractivity contribution in [3.8, 4) is 0 Å². The number of hydrogen-bond donors (Lipinski definition) is 1. The first-order chi connectivity index (χ1) is 12.2. The van der Waals surface area contributed by atoms with Crippen LogP contribution in [0.4, 0.5) is 14.5 Å². The minimum atomic E-state index is -3.81. The highest BCUT2D eigenvalue weighted by Crippen LogP contribution is 2.24. The SMILES string of the molecule is Cc1cc(N2CCC(NS(=O)(=O)Cc3cccc(F)c3)C2=O)ccc1F. The Morgan fingerprint density at radius 2 is 1.96 bits per heavy atom. The van der Waals surface area contributed by atoms with E-state index in [0.717, 1.165) is 6.07 Å². The quantitative estimate of drug-likeness (QED) is 0.867. The lowest BCUT2D eigenvalue weighted by Crippen LogP contribution is -2.42. The molecule has 1 N–H and O–H groups in total. The molecule has 1 saturated heterocycles. The van der Waals surface area contributed by atoms with Gasteiger partial charge in [0.25, 0.3) is 0 Å². The highest BCUT2D eigenvalue weighted by molar-refractivity contribution is 7.88. The lowest BCUT2D eigenvalue weighted by molar-refractivity contribution is -0.118. The molecule has 1 aliphatic heterocycles. The lowest BCUT2D eigenvalue weighted by Gasteiger charge is -2.18. The zero-order valence-corrected chi connectivity index (χ0v) is 14.9. The summed E-state index contributed by atoms with van der Waals surface area (Å²) in [7, 11) is -3.81. The molecule has 0 saturated carbocycles. The molecule has 8 heteroatoms. The van der Waals surface area contributed by atoms with E-state index < -0.39 is 27.6 Å². The van der Waals surface area contributed by atoms with Crippen LogP contribution in [-0.2, 0) is 20.6 Å². The van der Waals surface area contributed by atoms with Crippen LogP contribution in [0.5, 0.6) is 0 Å². The van der Waals surface area contributed by atoms with Gasteiger partial charge in [0.05, 0.1) is 5.75 Å². The van der Waals surface area contributed by atoms with Crippen molar-refractivity contribution in [2.24, 2.45) is 0 Å². The van der Waals surface area contributed by atoms with Gasteiger partial charge in [-0.3, -0.25) is 4.79 Å². The highest BCUT2D eigenvalue weighted by atomic mass is 32.2. The fourth-order valence-electron chi connectivity index (χ4n) is 2.95. The molecule has 0 radical (unpaired) electrons. The van der Waals surface area contributed by atoms with Crippen molar-refractivity contribution in [2.75, 3.05) is 11.4 Å². The van der Waals surface area contributed by atoms with Gasteiger partial charge in [-0.15, -0.1) is 0 Å². The first-order valence-corrected chi connectivity index (χ1v) is 9.72. The monoisotopic (exact) mass is 380 g/mol. The summed E-state index contributed by atoms with van der Waals surface area (Å²) in [4.78, 5) is 14.0. The number of benzene rings is 2. The largest absolute Gasteiger partial charge is 0.311 e. The molecule has 1 fully saturated rings. The number of halogens is 2. The van der Waals surface area contributed by atoms with E-state index in [0.29, 0.717) is 29.8 Å². The van der Waals surface area contributed by atoms with Crippen LogP contribution in [0.25, 0.3) is 0 Å². The summed E-state index contributed by atoms with van der Waals surface area (Å²) in [5.41, 5.74) is 1.24. The number of carbonyl (C=O) groups excluding carboxylic acids is 1. The molecule has 1 aliphatic rings. The fourth-order valence-corrected chi connectivity index (χ4v) is 4.30. The Hall–Kier alpha value is -2.32. The lowest BCUT2D eigenvalue weighted by atomic mass is 10.2. The van der Waals surface area contributed by atoms with Crippen molar-refractivity contribution in [2.45, 2.75) is 25.1 Å². The van der Waals surface area contributed by atoms with E-state index in [1.54, 1.807) is 13.0 Å². The Balaban J connectivity index is 1.70. The van der Waals surface area contributed by atoms with Crippen molar-refractivity contribution in [3.63, 3.8) is 0 Å². The molecular formula is C18H18F2N2O3S. The minimum Gasteiger partial charge on any atom is -0.311 e. The molecule has 1 amide bonds. The summed E-state index contributed by atoms with van der Waals surface area (Å²) >= 11 is 0. The van der Waals surface area contributed by atoms with Gasteiger partial charge in [0.15, 0.2) is 0 Å². The molecule has 1 atom stereocenters. The Morgan fingerprint density at radius 3 is 2.65 bits per heavy atom. The first kappa shape index (κ1) is 18.5. The van der Waals surface area contributed by atoms with Gasteiger partial charge in [0.1, 0.15) is 17.7 Å². The van der Waals surface area contributed by atoms with Gasteiger partial charge in [0.2, 0.25) is 15.9 Å². The van der Waals surface area contributed by atoms with Gasteiger partial charge in [0, 0.05) is 12.2 Å². The van der Waals surface area contributed by atoms with Crippen LogP contribution in [-0.4, -0.2) is 26.9 Å². The number of nitrogens with one attached hydrogen (secondary N) is 1. The number of anilines is 1. The first-order valence-electron chi connectivity index (χ1n) is 8.07. The van der Waals surface area contributed by atoms with Gasteiger partial charge in [-0.2, -0.15) is 0 Å². The smallest absolute Gasteiger partial charge is 0.245 e. The Labute approximate surface area is 150 Å². The van der Waals surface area contributed by atoms with E-state index in [-0.39, 0.29) is 11.7 Å². The summed E-state index contributed by atoms with van der Waals surface area (Å²) in [6, 6.07) is 8.74. The standard InChI is InChI=1S/C18H18F2N2O3S/c1-12-9-15(5-6-16(12)20)22-8-7-17(18(22)23)21-26(24,25)11-13-3-2-4-14(19)10-13/h2-6,9-10,17,21H,7-8,11H2,1H3.